The number of hydrogen-bond donors (Lipinski definition) is 1. The van der Waals surface area contributed by atoms with Crippen molar-refractivity contribution in [3.05, 3.63) is 64.2 Å². The van der Waals surface area contributed by atoms with E-state index in [1.54, 1.807) is 30.3 Å². The van der Waals surface area contributed by atoms with Crippen molar-refractivity contribution < 1.29 is 4.79 Å². The number of amides is 1. The van der Waals surface area contributed by atoms with E-state index in [2.05, 4.69) is 15.4 Å². The van der Waals surface area contributed by atoms with Gasteiger partial charge in [-0.3, -0.25) is 9.59 Å². The van der Waals surface area contributed by atoms with E-state index in [4.69, 9.17) is 0 Å². The molecule has 0 unspecified atom stereocenters. The molecule has 1 N–H and O–H groups in total. The summed E-state index contributed by atoms with van der Waals surface area (Å²) in [4.78, 5) is 29.6. The van der Waals surface area contributed by atoms with Gasteiger partial charge in [-0.1, -0.05) is 38.1 Å². The van der Waals surface area contributed by atoms with Crippen molar-refractivity contribution in [1.29, 1.82) is 0 Å². The van der Waals surface area contributed by atoms with E-state index in [1.165, 1.54) is 4.68 Å². The summed E-state index contributed by atoms with van der Waals surface area (Å²) in [5.74, 6) is 0.310. The van der Waals surface area contributed by atoms with Gasteiger partial charge < -0.3 is 5.32 Å². The molecular weight excluding hydrogens is 316 g/mol. The minimum Gasteiger partial charge on any atom is -0.305 e. The van der Waals surface area contributed by atoms with Gasteiger partial charge in [0, 0.05) is 17.6 Å². The second-order valence-corrected chi connectivity index (χ2v) is 6.39. The van der Waals surface area contributed by atoms with Crippen LogP contribution >= 0.6 is 0 Å². The maximum Gasteiger partial charge on any atom is 0.277 e. The number of aryl methyl sites for hydroxylation is 1. The molecule has 3 rings (SSSR count). The first kappa shape index (κ1) is 16.8. The number of rotatable bonds is 4. The van der Waals surface area contributed by atoms with E-state index >= 15 is 0 Å². The molecule has 0 fully saturated rings. The third-order valence-electron chi connectivity index (χ3n) is 3.75. The van der Waals surface area contributed by atoms with Crippen LogP contribution in [0.1, 0.15) is 30.0 Å². The van der Waals surface area contributed by atoms with Crippen LogP contribution in [0.15, 0.2) is 47.3 Å². The molecule has 25 heavy (non-hydrogen) atoms. The number of carbonyl (C=O) groups excluding carboxylic acids is 1. The van der Waals surface area contributed by atoms with E-state index in [9.17, 15) is 9.59 Å². The number of hydrogen-bond acceptors (Lipinski definition) is 4. The minimum absolute atomic E-state index is 0.186. The molecule has 0 aliphatic rings. The molecule has 0 aliphatic heterocycles. The lowest BCUT2D eigenvalue weighted by Gasteiger charge is -2.12. The third-order valence-corrected chi connectivity index (χ3v) is 3.75. The molecule has 1 amide bonds. The van der Waals surface area contributed by atoms with Crippen molar-refractivity contribution in [2.75, 3.05) is 5.32 Å². The normalized spacial score (nSPS) is 11.0. The smallest absolute Gasteiger partial charge is 0.277 e. The van der Waals surface area contributed by atoms with Gasteiger partial charge in [-0.2, -0.15) is 5.10 Å². The van der Waals surface area contributed by atoms with Gasteiger partial charge in [0.2, 0.25) is 0 Å². The molecule has 0 aliphatic carbocycles. The highest BCUT2D eigenvalue weighted by atomic mass is 16.2. The number of aromatic nitrogens is 3. The summed E-state index contributed by atoms with van der Waals surface area (Å²) < 4.78 is 1.37. The van der Waals surface area contributed by atoms with Crippen LogP contribution in [0.5, 0.6) is 0 Å². The number of anilines is 1. The van der Waals surface area contributed by atoms with Gasteiger partial charge in [-0.05, 0) is 31.0 Å². The van der Waals surface area contributed by atoms with Crippen LogP contribution in [-0.2, 0) is 6.54 Å². The molecule has 0 atom stereocenters. The Morgan fingerprint density at radius 3 is 2.52 bits per heavy atom. The zero-order valence-corrected chi connectivity index (χ0v) is 14.5. The summed E-state index contributed by atoms with van der Waals surface area (Å²) in [6.45, 7) is 6.30. The van der Waals surface area contributed by atoms with Gasteiger partial charge in [-0.15, -0.1) is 0 Å². The molecule has 0 bridgehead atoms. The molecule has 3 aromatic rings. The van der Waals surface area contributed by atoms with Gasteiger partial charge in [0.15, 0.2) is 5.69 Å². The number of carbonyl (C=O) groups is 1. The Morgan fingerprint density at radius 2 is 1.84 bits per heavy atom. The lowest BCUT2D eigenvalue weighted by Crippen LogP contribution is -2.29. The largest absolute Gasteiger partial charge is 0.305 e. The molecule has 6 heteroatoms. The van der Waals surface area contributed by atoms with Crippen molar-refractivity contribution in [2.24, 2.45) is 5.92 Å². The predicted molar refractivity (Wildman–Crippen MR) is 97.8 cm³/mol. The van der Waals surface area contributed by atoms with Gasteiger partial charge in [-0.25, -0.2) is 9.67 Å². The Labute approximate surface area is 145 Å². The Kier molecular flexibility index (Phi) is 4.61. The number of nitrogens with one attached hydrogen (secondary N) is 1. The summed E-state index contributed by atoms with van der Waals surface area (Å²) >= 11 is 0. The SMILES string of the molecule is Cc1cccc(NC(=O)c2nn(CC(C)C)c(=O)c3ccccc23)n1. The van der Waals surface area contributed by atoms with Gasteiger partial charge in [0.05, 0.1) is 5.39 Å². The summed E-state index contributed by atoms with van der Waals surface area (Å²) in [5.41, 5.74) is 0.842. The van der Waals surface area contributed by atoms with Gasteiger partial charge in [0.25, 0.3) is 11.5 Å². The Hall–Kier alpha value is -3.02. The maximum absolute atomic E-state index is 12.8. The number of fused-ring (bicyclic) bond motifs is 1. The molecule has 0 radical (unpaired) electrons. The number of pyridine rings is 1. The zero-order chi connectivity index (χ0) is 18.0. The van der Waals surface area contributed by atoms with E-state index < -0.39 is 0 Å². The highest BCUT2D eigenvalue weighted by molar-refractivity contribution is 6.10. The quantitative estimate of drug-likeness (QED) is 0.794. The average molecular weight is 336 g/mol. The fraction of sp³-hybridized carbons (Fsp3) is 0.263. The molecule has 2 heterocycles. The Morgan fingerprint density at radius 1 is 1.12 bits per heavy atom. The average Bonchev–Trinajstić information content (AvgIpc) is 2.57. The van der Waals surface area contributed by atoms with Crippen LogP contribution in [0.2, 0.25) is 0 Å². The number of benzene rings is 1. The minimum atomic E-state index is -0.383. The standard InChI is InChI=1S/C19H20N4O2/c1-12(2)11-23-19(25)15-9-5-4-8-14(15)17(22-23)18(24)21-16-10-6-7-13(3)20-16/h4-10,12H,11H2,1-3H3,(H,20,21,24). The summed E-state index contributed by atoms with van der Waals surface area (Å²) in [5, 5.41) is 8.11. The lowest BCUT2D eigenvalue weighted by atomic mass is 10.1. The van der Waals surface area contributed by atoms with Crippen LogP contribution in [-0.4, -0.2) is 20.7 Å². The second-order valence-electron chi connectivity index (χ2n) is 6.39. The fourth-order valence-corrected chi connectivity index (χ4v) is 2.66. The van der Waals surface area contributed by atoms with Crippen molar-refractivity contribution in [1.82, 2.24) is 14.8 Å². The van der Waals surface area contributed by atoms with E-state index in [0.717, 1.165) is 5.69 Å². The highest BCUT2D eigenvalue weighted by Crippen LogP contribution is 2.15. The monoisotopic (exact) mass is 336 g/mol. The predicted octanol–water partition coefficient (Wildman–Crippen LogP) is 3.01. The molecule has 1 aromatic carbocycles. The molecule has 0 saturated carbocycles. The molecule has 128 valence electrons. The first-order valence-electron chi connectivity index (χ1n) is 8.20. The zero-order valence-electron chi connectivity index (χ0n) is 14.5. The van der Waals surface area contributed by atoms with Crippen molar-refractivity contribution in [2.45, 2.75) is 27.3 Å². The van der Waals surface area contributed by atoms with E-state index in [1.807, 2.05) is 32.9 Å². The molecular formula is C19H20N4O2. The molecule has 0 saturated heterocycles. The summed E-state index contributed by atoms with van der Waals surface area (Å²) in [7, 11) is 0. The topological polar surface area (TPSA) is 76.9 Å². The van der Waals surface area contributed by atoms with Crippen LogP contribution in [0, 0.1) is 12.8 Å². The third kappa shape index (κ3) is 3.57. The molecule has 2 aromatic heterocycles. The first-order chi connectivity index (χ1) is 12.0. The van der Waals surface area contributed by atoms with Crippen molar-refractivity contribution in [3.8, 4) is 0 Å². The number of nitrogens with zero attached hydrogens (tertiary/aromatic N) is 3. The van der Waals surface area contributed by atoms with Gasteiger partial charge in [0.1, 0.15) is 5.82 Å². The van der Waals surface area contributed by atoms with E-state index in [0.29, 0.717) is 23.1 Å². The molecule has 0 spiro atoms. The lowest BCUT2D eigenvalue weighted by molar-refractivity contribution is 0.102. The molecule has 6 nitrogen and oxygen atoms in total. The van der Waals surface area contributed by atoms with Gasteiger partial charge >= 0.3 is 0 Å². The Bertz CT molecular complexity index is 992. The highest BCUT2D eigenvalue weighted by Gasteiger charge is 2.17. The summed E-state index contributed by atoms with van der Waals surface area (Å²) in [6, 6.07) is 12.4. The van der Waals surface area contributed by atoms with Crippen LogP contribution < -0.4 is 10.9 Å². The fourth-order valence-electron chi connectivity index (χ4n) is 2.66. The van der Waals surface area contributed by atoms with Crippen molar-refractivity contribution >= 4 is 22.5 Å². The van der Waals surface area contributed by atoms with Crippen LogP contribution in [0.25, 0.3) is 10.8 Å². The summed E-state index contributed by atoms with van der Waals surface area (Å²) in [6.07, 6.45) is 0. The second kappa shape index (κ2) is 6.84. The Balaban J connectivity index is 2.09. The van der Waals surface area contributed by atoms with Crippen molar-refractivity contribution in [3.63, 3.8) is 0 Å². The van der Waals surface area contributed by atoms with Crippen LogP contribution in [0.4, 0.5) is 5.82 Å². The van der Waals surface area contributed by atoms with E-state index in [-0.39, 0.29) is 23.1 Å². The van der Waals surface area contributed by atoms with Crippen LogP contribution in [0.3, 0.4) is 0 Å². The first-order valence-corrected chi connectivity index (χ1v) is 8.20. The maximum atomic E-state index is 12.8.